The van der Waals surface area contributed by atoms with E-state index in [0.717, 1.165) is 30.5 Å². The quantitative estimate of drug-likeness (QED) is 0.566. The third-order valence-electron chi connectivity index (χ3n) is 2.23. The molecule has 18 heavy (non-hydrogen) atoms. The highest BCUT2D eigenvalue weighted by atomic mass is 19.1. The van der Waals surface area contributed by atoms with E-state index in [4.69, 9.17) is 0 Å². The molecule has 0 saturated carbocycles. The van der Waals surface area contributed by atoms with Crippen LogP contribution in [0.25, 0.3) is 0 Å². The molecule has 0 heterocycles. The van der Waals surface area contributed by atoms with Gasteiger partial charge in [0.25, 0.3) is 0 Å². The van der Waals surface area contributed by atoms with E-state index in [0.29, 0.717) is 6.07 Å². The minimum Gasteiger partial charge on any atom is -0.250 e. The predicted octanol–water partition coefficient (Wildman–Crippen LogP) is 3.99. The number of nitrogens with zero attached hydrogens (tertiary/aromatic N) is 1. The lowest BCUT2D eigenvalue weighted by molar-refractivity contribution is 0.581. The molecule has 0 N–H and O–H groups in total. The van der Waals surface area contributed by atoms with E-state index in [2.05, 4.69) is 4.99 Å². The fourth-order valence-corrected chi connectivity index (χ4v) is 1.35. The molecule has 0 fully saturated rings. The maximum atomic E-state index is 13.2. The summed E-state index contributed by atoms with van der Waals surface area (Å²) in [6.45, 7) is 0. The van der Waals surface area contributed by atoms with E-state index < -0.39 is 29.0 Å². The van der Waals surface area contributed by atoms with Crippen LogP contribution in [-0.4, -0.2) is 6.21 Å². The molecule has 0 amide bonds. The largest absolute Gasteiger partial charge is 0.250 e. The lowest BCUT2D eigenvalue weighted by Gasteiger charge is -1.99. The van der Waals surface area contributed by atoms with Crippen molar-refractivity contribution in [2.75, 3.05) is 0 Å². The fourth-order valence-electron chi connectivity index (χ4n) is 1.35. The zero-order chi connectivity index (χ0) is 13.1. The van der Waals surface area contributed by atoms with Crippen molar-refractivity contribution in [2.45, 2.75) is 0 Å². The number of para-hydroxylation sites is 1. The highest BCUT2D eigenvalue weighted by molar-refractivity contribution is 5.82. The van der Waals surface area contributed by atoms with Crippen molar-refractivity contribution in [3.63, 3.8) is 0 Å². The third kappa shape index (κ3) is 2.56. The third-order valence-corrected chi connectivity index (χ3v) is 2.23. The summed E-state index contributed by atoms with van der Waals surface area (Å²) in [4.78, 5) is 3.53. The van der Waals surface area contributed by atoms with Crippen LogP contribution in [0.5, 0.6) is 0 Å². The van der Waals surface area contributed by atoms with Crippen molar-refractivity contribution < 1.29 is 17.6 Å². The molecule has 0 aliphatic heterocycles. The van der Waals surface area contributed by atoms with Gasteiger partial charge in [0.05, 0.1) is 0 Å². The molecular weight excluding hydrogens is 246 g/mol. The average molecular weight is 253 g/mol. The van der Waals surface area contributed by atoms with Crippen LogP contribution in [0.4, 0.5) is 23.2 Å². The van der Waals surface area contributed by atoms with E-state index in [1.165, 1.54) is 6.07 Å². The van der Waals surface area contributed by atoms with Crippen LogP contribution in [0.3, 0.4) is 0 Å². The van der Waals surface area contributed by atoms with Crippen LogP contribution in [0, 0.1) is 23.3 Å². The maximum Gasteiger partial charge on any atom is 0.151 e. The molecule has 0 spiro atoms. The van der Waals surface area contributed by atoms with Crippen molar-refractivity contribution in [1.29, 1.82) is 0 Å². The van der Waals surface area contributed by atoms with Gasteiger partial charge in [-0.15, -0.1) is 0 Å². The number of hydrogen-bond acceptors (Lipinski definition) is 1. The Labute approximate surface area is 100 Å². The molecule has 2 rings (SSSR count). The molecule has 0 aliphatic rings. The zero-order valence-electron chi connectivity index (χ0n) is 9.00. The van der Waals surface area contributed by atoms with E-state index >= 15 is 0 Å². The molecule has 0 aromatic heterocycles. The van der Waals surface area contributed by atoms with Gasteiger partial charge in [-0.3, -0.25) is 0 Å². The Kier molecular flexibility index (Phi) is 3.41. The van der Waals surface area contributed by atoms with Crippen LogP contribution in [0.1, 0.15) is 5.56 Å². The van der Waals surface area contributed by atoms with Gasteiger partial charge in [0.15, 0.2) is 11.6 Å². The Hall–Kier alpha value is -2.17. The average Bonchev–Trinajstić information content (AvgIpc) is 2.31. The molecule has 92 valence electrons. The summed E-state index contributed by atoms with van der Waals surface area (Å²) in [5.41, 5.74) is -0.569. The minimum absolute atomic E-state index is 0.0564. The topological polar surface area (TPSA) is 12.4 Å². The number of hydrogen-bond donors (Lipinski definition) is 0. The monoisotopic (exact) mass is 253 g/mol. The summed E-state index contributed by atoms with van der Waals surface area (Å²) >= 11 is 0. The number of aliphatic imine (C=N–C) groups is 1. The molecule has 0 radical (unpaired) electrons. The fraction of sp³-hybridized carbons (Fsp3) is 0. The molecular formula is C13H7F4N. The summed E-state index contributed by atoms with van der Waals surface area (Å²) in [6, 6.07) is 6.10. The van der Waals surface area contributed by atoms with Crippen molar-refractivity contribution in [2.24, 2.45) is 4.99 Å². The lowest BCUT2D eigenvalue weighted by Crippen LogP contribution is -1.90. The van der Waals surface area contributed by atoms with Gasteiger partial charge in [0.2, 0.25) is 0 Å². The molecule has 0 bridgehead atoms. The van der Waals surface area contributed by atoms with Gasteiger partial charge < -0.3 is 0 Å². The molecule has 0 aliphatic carbocycles. The first kappa shape index (κ1) is 12.3. The van der Waals surface area contributed by atoms with Gasteiger partial charge in [-0.1, -0.05) is 6.07 Å². The van der Waals surface area contributed by atoms with Gasteiger partial charge in [0, 0.05) is 17.8 Å². The van der Waals surface area contributed by atoms with Crippen LogP contribution >= 0.6 is 0 Å². The molecule has 0 unspecified atom stereocenters. The Balaban J connectivity index is 2.36. The highest BCUT2D eigenvalue weighted by Gasteiger charge is 2.06. The first-order chi connectivity index (χ1) is 8.58. The van der Waals surface area contributed by atoms with E-state index in [1.54, 1.807) is 0 Å². The predicted molar refractivity (Wildman–Crippen MR) is 60.0 cm³/mol. The van der Waals surface area contributed by atoms with Crippen LogP contribution in [0.15, 0.2) is 41.4 Å². The van der Waals surface area contributed by atoms with Crippen LogP contribution in [0.2, 0.25) is 0 Å². The molecule has 2 aromatic carbocycles. The van der Waals surface area contributed by atoms with Crippen LogP contribution in [-0.2, 0) is 0 Å². The molecule has 2 aromatic rings. The Bertz CT molecular complexity index is 588. The van der Waals surface area contributed by atoms with Gasteiger partial charge in [-0.25, -0.2) is 22.6 Å². The standard InChI is InChI=1S/C13H7F4N/c14-9-5-4-8(12(17)6-9)7-18-13-10(15)2-1-3-11(13)16/h1-7H. The van der Waals surface area contributed by atoms with Gasteiger partial charge in [0.1, 0.15) is 17.3 Å². The Morgan fingerprint density at radius 2 is 1.50 bits per heavy atom. The minimum atomic E-state index is -0.853. The smallest absolute Gasteiger partial charge is 0.151 e. The SMILES string of the molecule is Fc1ccc(C=Nc2c(F)cccc2F)c(F)c1. The number of benzene rings is 2. The summed E-state index contributed by atoms with van der Waals surface area (Å²) < 4.78 is 52.3. The van der Waals surface area contributed by atoms with E-state index in [-0.39, 0.29) is 5.56 Å². The molecule has 0 saturated heterocycles. The van der Waals surface area contributed by atoms with Gasteiger partial charge in [-0.2, -0.15) is 0 Å². The highest BCUT2D eigenvalue weighted by Crippen LogP contribution is 2.21. The summed E-state index contributed by atoms with van der Waals surface area (Å²) in [7, 11) is 0. The second-order valence-corrected chi connectivity index (χ2v) is 3.49. The Morgan fingerprint density at radius 1 is 0.833 bits per heavy atom. The summed E-state index contributed by atoms with van der Waals surface area (Å²) in [6.07, 6.45) is 0.941. The first-order valence-electron chi connectivity index (χ1n) is 5.01. The Morgan fingerprint density at radius 3 is 2.11 bits per heavy atom. The normalized spacial score (nSPS) is 11.1. The molecule has 5 heteroatoms. The van der Waals surface area contributed by atoms with E-state index in [9.17, 15) is 17.6 Å². The second kappa shape index (κ2) is 5.00. The second-order valence-electron chi connectivity index (χ2n) is 3.49. The number of halogens is 4. The van der Waals surface area contributed by atoms with Crippen molar-refractivity contribution in [3.05, 3.63) is 65.2 Å². The van der Waals surface area contributed by atoms with Gasteiger partial charge in [-0.05, 0) is 24.3 Å². The molecule has 1 nitrogen and oxygen atoms in total. The maximum absolute atomic E-state index is 13.2. The summed E-state index contributed by atoms with van der Waals surface area (Å²) in [5.74, 6) is -3.29. The summed E-state index contributed by atoms with van der Waals surface area (Å²) in [5, 5.41) is 0. The first-order valence-corrected chi connectivity index (χ1v) is 5.01. The lowest BCUT2D eigenvalue weighted by atomic mass is 10.2. The number of rotatable bonds is 2. The van der Waals surface area contributed by atoms with Crippen molar-refractivity contribution >= 4 is 11.9 Å². The van der Waals surface area contributed by atoms with Crippen LogP contribution < -0.4 is 0 Å². The zero-order valence-corrected chi connectivity index (χ0v) is 9.00. The van der Waals surface area contributed by atoms with Gasteiger partial charge >= 0.3 is 0 Å². The van der Waals surface area contributed by atoms with Crippen molar-refractivity contribution in [3.8, 4) is 0 Å². The van der Waals surface area contributed by atoms with E-state index in [1.807, 2.05) is 0 Å². The molecule has 0 atom stereocenters. The van der Waals surface area contributed by atoms with Crippen molar-refractivity contribution in [1.82, 2.24) is 0 Å².